The number of hydrogen-bond donors (Lipinski definition) is 1. The topological polar surface area (TPSA) is 44.5 Å². The maximum absolute atomic E-state index is 6.25. The first-order valence-electron chi connectivity index (χ1n) is 8.10. The van der Waals surface area contributed by atoms with Gasteiger partial charge in [0.15, 0.2) is 0 Å². The molecule has 0 unspecified atom stereocenters. The zero-order valence-electron chi connectivity index (χ0n) is 13.1. The lowest BCUT2D eigenvalue weighted by atomic mass is 9.89. The summed E-state index contributed by atoms with van der Waals surface area (Å²) >= 11 is 0. The van der Waals surface area contributed by atoms with Crippen molar-refractivity contribution in [3.8, 4) is 0 Å². The fraction of sp³-hybridized carbons (Fsp3) is 1.00. The summed E-state index contributed by atoms with van der Waals surface area (Å²) in [4.78, 5) is 0. The Labute approximate surface area is 119 Å². The first kappa shape index (κ1) is 16.9. The minimum Gasteiger partial charge on any atom is -0.379 e. The highest BCUT2D eigenvalue weighted by atomic mass is 16.5. The first-order valence-corrected chi connectivity index (χ1v) is 8.10. The second-order valence-corrected chi connectivity index (χ2v) is 6.04. The molecular formula is C16H33NO2. The van der Waals surface area contributed by atoms with Gasteiger partial charge in [-0.25, -0.2) is 0 Å². The SMILES string of the molecule is CCCCCCCCC[C@@H]1OC[C@@H](C)[C@H](OC)[C@@H]1N. The molecule has 3 nitrogen and oxygen atoms in total. The lowest BCUT2D eigenvalue weighted by Gasteiger charge is -2.39. The van der Waals surface area contributed by atoms with E-state index in [1.165, 1.54) is 44.9 Å². The van der Waals surface area contributed by atoms with Gasteiger partial charge in [-0.15, -0.1) is 0 Å². The van der Waals surface area contributed by atoms with Gasteiger partial charge in [0.1, 0.15) is 0 Å². The second-order valence-electron chi connectivity index (χ2n) is 6.04. The molecule has 0 radical (unpaired) electrons. The molecule has 1 rings (SSSR count). The van der Waals surface area contributed by atoms with Crippen LogP contribution in [0.2, 0.25) is 0 Å². The highest BCUT2D eigenvalue weighted by Crippen LogP contribution is 2.24. The maximum atomic E-state index is 6.25. The van der Waals surface area contributed by atoms with Crippen molar-refractivity contribution in [2.24, 2.45) is 11.7 Å². The predicted octanol–water partition coefficient (Wildman–Crippen LogP) is 3.50. The van der Waals surface area contributed by atoms with E-state index in [0.29, 0.717) is 5.92 Å². The van der Waals surface area contributed by atoms with E-state index >= 15 is 0 Å². The molecule has 0 aliphatic carbocycles. The van der Waals surface area contributed by atoms with Crippen LogP contribution in [0.5, 0.6) is 0 Å². The number of rotatable bonds is 9. The van der Waals surface area contributed by atoms with Crippen LogP contribution in [0.4, 0.5) is 0 Å². The molecule has 2 N–H and O–H groups in total. The van der Waals surface area contributed by atoms with Crippen LogP contribution in [-0.4, -0.2) is 32.0 Å². The van der Waals surface area contributed by atoms with Crippen LogP contribution >= 0.6 is 0 Å². The number of methoxy groups -OCH3 is 1. The number of unbranched alkanes of at least 4 members (excludes halogenated alkanes) is 6. The fourth-order valence-corrected chi connectivity index (χ4v) is 3.04. The molecule has 0 aromatic heterocycles. The Morgan fingerprint density at radius 1 is 1.11 bits per heavy atom. The minimum absolute atomic E-state index is 0.0360. The van der Waals surface area contributed by atoms with Crippen LogP contribution < -0.4 is 5.73 Å². The van der Waals surface area contributed by atoms with Gasteiger partial charge in [-0.3, -0.25) is 0 Å². The molecule has 1 saturated heterocycles. The second kappa shape index (κ2) is 9.73. The van der Waals surface area contributed by atoms with Crippen molar-refractivity contribution in [2.75, 3.05) is 13.7 Å². The average Bonchev–Trinajstić information content (AvgIpc) is 2.40. The summed E-state index contributed by atoms with van der Waals surface area (Å²) < 4.78 is 11.4. The van der Waals surface area contributed by atoms with E-state index in [2.05, 4.69) is 13.8 Å². The zero-order chi connectivity index (χ0) is 14.1. The smallest absolute Gasteiger partial charge is 0.0794 e. The van der Waals surface area contributed by atoms with Crippen LogP contribution in [0.25, 0.3) is 0 Å². The van der Waals surface area contributed by atoms with Crippen molar-refractivity contribution >= 4 is 0 Å². The zero-order valence-corrected chi connectivity index (χ0v) is 13.1. The third kappa shape index (κ3) is 5.80. The Morgan fingerprint density at radius 2 is 1.74 bits per heavy atom. The lowest BCUT2D eigenvalue weighted by Crippen LogP contribution is -2.54. The van der Waals surface area contributed by atoms with E-state index in [1.807, 2.05) is 0 Å². The van der Waals surface area contributed by atoms with Gasteiger partial charge in [0.25, 0.3) is 0 Å². The van der Waals surface area contributed by atoms with Crippen molar-refractivity contribution in [2.45, 2.75) is 83.5 Å². The normalized spacial score (nSPS) is 31.6. The summed E-state index contributed by atoms with van der Waals surface area (Å²) in [6.45, 7) is 5.19. The Kier molecular flexibility index (Phi) is 8.67. The Hall–Kier alpha value is -0.120. The van der Waals surface area contributed by atoms with Gasteiger partial charge in [-0.1, -0.05) is 58.8 Å². The fourth-order valence-electron chi connectivity index (χ4n) is 3.04. The quantitative estimate of drug-likeness (QED) is 0.653. The monoisotopic (exact) mass is 271 g/mol. The number of nitrogens with two attached hydrogens (primary N) is 1. The lowest BCUT2D eigenvalue weighted by molar-refractivity contribution is -0.109. The van der Waals surface area contributed by atoms with Crippen molar-refractivity contribution in [1.29, 1.82) is 0 Å². The summed E-state index contributed by atoms with van der Waals surface area (Å²) in [5.74, 6) is 0.408. The first-order chi connectivity index (χ1) is 9.20. The molecule has 0 spiro atoms. The van der Waals surface area contributed by atoms with Gasteiger partial charge in [0.05, 0.1) is 24.9 Å². The minimum atomic E-state index is 0.0360. The Morgan fingerprint density at radius 3 is 2.37 bits per heavy atom. The molecule has 0 bridgehead atoms. The van der Waals surface area contributed by atoms with Crippen LogP contribution in [0.1, 0.15) is 65.2 Å². The van der Waals surface area contributed by atoms with Gasteiger partial charge >= 0.3 is 0 Å². The molecule has 0 amide bonds. The van der Waals surface area contributed by atoms with Crippen molar-refractivity contribution in [1.82, 2.24) is 0 Å². The van der Waals surface area contributed by atoms with Gasteiger partial charge in [0, 0.05) is 13.0 Å². The summed E-state index contributed by atoms with van der Waals surface area (Å²) in [5.41, 5.74) is 6.25. The highest BCUT2D eigenvalue weighted by Gasteiger charge is 2.35. The van der Waals surface area contributed by atoms with Gasteiger partial charge in [0.2, 0.25) is 0 Å². The molecule has 1 aliphatic heterocycles. The summed E-state index contributed by atoms with van der Waals surface area (Å²) in [6.07, 6.45) is 10.8. The van der Waals surface area contributed by atoms with Crippen molar-refractivity contribution in [3.05, 3.63) is 0 Å². The largest absolute Gasteiger partial charge is 0.379 e. The summed E-state index contributed by atoms with van der Waals surface area (Å²) in [6, 6.07) is 0.0360. The third-order valence-electron chi connectivity index (χ3n) is 4.31. The molecule has 1 fully saturated rings. The predicted molar refractivity (Wildman–Crippen MR) is 80.3 cm³/mol. The molecule has 1 aliphatic rings. The third-order valence-corrected chi connectivity index (χ3v) is 4.31. The maximum Gasteiger partial charge on any atom is 0.0794 e. The Bertz CT molecular complexity index is 223. The van der Waals surface area contributed by atoms with E-state index in [9.17, 15) is 0 Å². The summed E-state index contributed by atoms with van der Waals surface area (Å²) in [7, 11) is 1.76. The molecule has 4 atom stereocenters. The van der Waals surface area contributed by atoms with Crippen LogP contribution in [-0.2, 0) is 9.47 Å². The van der Waals surface area contributed by atoms with E-state index < -0.39 is 0 Å². The molecule has 0 saturated carbocycles. The Balaban J connectivity index is 2.12. The van der Waals surface area contributed by atoms with Crippen LogP contribution in [0, 0.1) is 5.92 Å². The van der Waals surface area contributed by atoms with Gasteiger partial charge in [-0.2, -0.15) is 0 Å². The number of ether oxygens (including phenoxy) is 2. The molecule has 0 aromatic carbocycles. The van der Waals surface area contributed by atoms with Crippen LogP contribution in [0.15, 0.2) is 0 Å². The molecule has 1 heterocycles. The number of hydrogen-bond acceptors (Lipinski definition) is 3. The van der Waals surface area contributed by atoms with Crippen LogP contribution in [0.3, 0.4) is 0 Å². The molecule has 0 aromatic rings. The van der Waals surface area contributed by atoms with E-state index in [1.54, 1.807) is 7.11 Å². The summed E-state index contributed by atoms with van der Waals surface area (Å²) in [5, 5.41) is 0. The molecule has 19 heavy (non-hydrogen) atoms. The molecule has 3 heteroatoms. The van der Waals surface area contributed by atoms with E-state index in [4.69, 9.17) is 15.2 Å². The van der Waals surface area contributed by atoms with E-state index in [-0.39, 0.29) is 18.2 Å². The standard InChI is InChI=1S/C16H33NO2/c1-4-5-6-7-8-9-10-11-14-15(17)16(18-3)13(2)12-19-14/h13-16H,4-12,17H2,1-3H3/t13-,14+,15-,16+/m1/s1. The highest BCUT2D eigenvalue weighted by molar-refractivity contribution is 4.89. The van der Waals surface area contributed by atoms with Gasteiger partial charge in [-0.05, 0) is 6.42 Å². The van der Waals surface area contributed by atoms with Crippen molar-refractivity contribution in [3.63, 3.8) is 0 Å². The van der Waals surface area contributed by atoms with E-state index in [0.717, 1.165) is 13.0 Å². The molecular weight excluding hydrogens is 238 g/mol. The molecule has 114 valence electrons. The van der Waals surface area contributed by atoms with Gasteiger partial charge < -0.3 is 15.2 Å². The van der Waals surface area contributed by atoms with Crippen molar-refractivity contribution < 1.29 is 9.47 Å². The average molecular weight is 271 g/mol.